The zero-order valence-corrected chi connectivity index (χ0v) is 12.9. The number of nitrogens with zero attached hydrogens (tertiary/aromatic N) is 2. The number of carbonyl (C=O) groups excluding carboxylic acids is 1. The van der Waals surface area contributed by atoms with Gasteiger partial charge in [0.25, 0.3) is 0 Å². The number of carbonyl (C=O) groups is 1. The van der Waals surface area contributed by atoms with Crippen LogP contribution >= 0.6 is 0 Å². The summed E-state index contributed by atoms with van der Waals surface area (Å²) in [6.07, 6.45) is 2.75. The Balaban J connectivity index is 1.66. The lowest BCUT2D eigenvalue weighted by molar-refractivity contribution is -0.133. The van der Waals surface area contributed by atoms with Crippen molar-refractivity contribution < 1.29 is 17.7 Å². The molecule has 1 aromatic rings. The summed E-state index contributed by atoms with van der Waals surface area (Å²) in [5.41, 5.74) is 0.811. The number of amides is 1. The summed E-state index contributed by atoms with van der Waals surface area (Å²) in [4.78, 5) is 14.3. The van der Waals surface area contributed by atoms with Gasteiger partial charge >= 0.3 is 0 Å². The van der Waals surface area contributed by atoms with Crippen LogP contribution in [-0.2, 0) is 14.6 Å². The van der Waals surface area contributed by atoms with E-state index in [2.05, 4.69) is 5.16 Å². The van der Waals surface area contributed by atoms with Gasteiger partial charge in [-0.1, -0.05) is 5.16 Å². The molecule has 0 bridgehead atoms. The summed E-state index contributed by atoms with van der Waals surface area (Å²) < 4.78 is 28.3. The van der Waals surface area contributed by atoms with Crippen molar-refractivity contribution in [3.8, 4) is 0 Å². The highest BCUT2D eigenvalue weighted by Crippen LogP contribution is 2.34. The molecule has 2 saturated heterocycles. The lowest BCUT2D eigenvalue weighted by atomic mass is 10.0. The van der Waals surface area contributed by atoms with E-state index in [4.69, 9.17) is 4.52 Å². The Morgan fingerprint density at radius 1 is 1.48 bits per heavy atom. The molecule has 0 N–H and O–H groups in total. The highest BCUT2D eigenvalue weighted by Gasteiger charge is 2.36. The van der Waals surface area contributed by atoms with Crippen LogP contribution in [0.1, 0.15) is 43.2 Å². The van der Waals surface area contributed by atoms with Crippen molar-refractivity contribution in [1.82, 2.24) is 10.1 Å². The number of aromatic nitrogens is 1. The summed E-state index contributed by atoms with van der Waals surface area (Å²) in [6, 6.07) is 1.83. The average Bonchev–Trinajstić information content (AvgIpc) is 3.09. The molecule has 3 rings (SSSR count). The van der Waals surface area contributed by atoms with Gasteiger partial charge in [-0.15, -0.1) is 0 Å². The SMILES string of the molecule is Cc1cc(C2CCCN2C(=O)CC2CCS(=O)(=O)C2)on1. The van der Waals surface area contributed by atoms with Crippen LogP contribution < -0.4 is 0 Å². The fourth-order valence-corrected chi connectivity index (χ4v) is 5.16. The standard InChI is InChI=1S/C14H20N2O4S/c1-10-7-13(20-15-10)12-3-2-5-16(12)14(17)8-11-4-6-21(18,19)9-11/h7,11-12H,2-6,8-9H2,1H3. The van der Waals surface area contributed by atoms with Gasteiger partial charge < -0.3 is 9.42 Å². The topological polar surface area (TPSA) is 80.5 Å². The van der Waals surface area contributed by atoms with E-state index in [0.717, 1.165) is 24.3 Å². The molecule has 0 aromatic carbocycles. The molecule has 116 valence electrons. The highest BCUT2D eigenvalue weighted by molar-refractivity contribution is 7.91. The van der Waals surface area contributed by atoms with Crippen molar-refractivity contribution in [3.05, 3.63) is 17.5 Å². The lowest BCUT2D eigenvalue weighted by Crippen LogP contribution is -2.32. The Bertz CT molecular complexity index is 637. The van der Waals surface area contributed by atoms with Gasteiger partial charge in [0.05, 0.1) is 23.2 Å². The van der Waals surface area contributed by atoms with Crippen molar-refractivity contribution in [2.24, 2.45) is 5.92 Å². The third-order valence-electron chi connectivity index (χ3n) is 4.34. The van der Waals surface area contributed by atoms with Crippen LogP contribution in [0.4, 0.5) is 0 Å². The number of hydrogen-bond acceptors (Lipinski definition) is 5. The van der Waals surface area contributed by atoms with E-state index in [-0.39, 0.29) is 29.4 Å². The van der Waals surface area contributed by atoms with Crippen molar-refractivity contribution in [1.29, 1.82) is 0 Å². The maximum Gasteiger partial charge on any atom is 0.223 e. The molecule has 2 atom stereocenters. The molecule has 0 radical (unpaired) electrons. The van der Waals surface area contributed by atoms with E-state index < -0.39 is 9.84 Å². The van der Waals surface area contributed by atoms with Crippen LogP contribution in [0.5, 0.6) is 0 Å². The lowest BCUT2D eigenvalue weighted by Gasteiger charge is -2.23. The number of likely N-dealkylation sites (tertiary alicyclic amines) is 1. The molecule has 21 heavy (non-hydrogen) atoms. The van der Waals surface area contributed by atoms with Gasteiger partial charge in [-0.3, -0.25) is 4.79 Å². The molecule has 2 unspecified atom stereocenters. The monoisotopic (exact) mass is 312 g/mol. The number of aryl methyl sites for hydroxylation is 1. The van der Waals surface area contributed by atoms with Gasteiger partial charge in [0.1, 0.15) is 0 Å². The molecule has 2 fully saturated rings. The molecule has 1 amide bonds. The van der Waals surface area contributed by atoms with Gasteiger partial charge in [-0.2, -0.15) is 0 Å². The second-order valence-corrected chi connectivity index (χ2v) is 8.32. The van der Waals surface area contributed by atoms with Gasteiger partial charge in [0, 0.05) is 19.0 Å². The molecule has 7 heteroatoms. The molecule has 2 aliphatic heterocycles. The Hall–Kier alpha value is -1.37. The van der Waals surface area contributed by atoms with Crippen LogP contribution in [0.3, 0.4) is 0 Å². The van der Waals surface area contributed by atoms with E-state index in [1.54, 1.807) is 0 Å². The van der Waals surface area contributed by atoms with Crippen molar-refractivity contribution in [2.45, 2.75) is 38.6 Å². The van der Waals surface area contributed by atoms with Crippen molar-refractivity contribution >= 4 is 15.7 Å². The minimum atomic E-state index is -2.93. The molecule has 2 aliphatic rings. The summed E-state index contributed by atoms with van der Waals surface area (Å²) >= 11 is 0. The minimum absolute atomic E-state index is 0.0276. The van der Waals surface area contributed by atoms with Crippen molar-refractivity contribution in [2.75, 3.05) is 18.1 Å². The molecule has 0 aliphatic carbocycles. The van der Waals surface area contributed by atoms with E-state index in [9.17, 15) is 13.2 Å². The second-order valence-electron chi connectivity index (χ2n) is 6.09. The second kappa shape index (κ2) is 5.44. The number of sulfone groups is 1. The van der Waals surface area contributed by atoms with E-state index in [1.165, 1.54) is 0 Å². The zero-order chi connectivity index (χ0) is 15.0. The predicted molar refractivity (Wildman–Crippen MR) is 76.3 cm³/mol. The van der Waals surface area contributed by atoms with Crippen molar-refractivity contribution in [3.63, 3.8) is 0 Å². The van der Waals surface area contributed by atoms with Gasteiger partial charge in [-0.05, 0) is 32.1 Å². The molecule has 6 nitrogen and oxygen atoms in total. The summed E-state index contributed by atoms with van der Waals surface area (Å²) in [7, 11) is -2.93. The zero-order valence-electron chi connectivity index (χ0n) is 12.1. The van der Waals surface area contributed by atoms with Crippen LogP contribution in [0, 0.1) is 12.8 Å². The largest absolute Gasteiger partial charge is 0.359 e. The van der Waals surface area contributed by atoms with Gasteiger partial charge in [0.15, 0.2) is 15.6 Å². The van der Waals surface area contributed by atoms with Crippen LogP contribution in [0.25, 0.3) is 0 Å². The van der Waals surface area contributed by atoms with Gasteiger partial charge in [0.2, 0.25) is 5.91 Å². The maximum absolute atomic E-state index is 12.5. The third kappa shape index (κ3) is 3.12. The first-order chi connectivity index (χ1) is 9.94. The fraction of sp³-hybridized carbons (Fsp3) is 0.714. The predicted octanol–water partition coefficient (Wildman–Crippen LogP) is 1.47. The van der Waals surface area contributed by atoms with E-state index in [0.29, 0.717) is 19.4 Å². The third-order valence-corrected chi connectivity index (χ3v) is 6.17. The Morgan fingerprint density at radius 2 is 2.29 bits per heavy atom. The molecule has 0 saturated carbocycles. The Morgan fingerprint density at radius 3 is 2.90 bits per heavy atom. The Labute approximate surface area is 124 Å². The van der Waals surface area contributed by atoms with Crippen LogP contribution in [-0.4, -0.2) is 42.4 Å². The first-order valence-corrected chi connectivity index (χ1v) is 9.20. The fourth-order valence-electron chi connectivity index (χ4n) is 3.30. The maximum atomic E-state index is 12.5. The molecule has 0 spiro atoms. The Kier molecular flexibility index (Phi) is 3.77. The first-order valence-electron chi connectivity index (χ1n) is 7.38. The molecular formula is C14H20N2O4S. The molecular weight excluding hydrogens is 292 g/mol. The van der Waals surface area contributed by atoms with Gasteiger partial charge in [-0.25, -0.2) is 8.42 Å². The first kappa shape index (κ1) is 14.6. The summed E-state index contributed by atoms with van der Waals surface area (Å²) in [5.74, 6) is 1.11. The highest BCUT2D eigenvalue weighted by atomic mass is 32.2. The van der Waals surface area contributed by atoms with E-state index >= 15 is 0 Å². The van der Waals surface area contributed by atoms with Crippen LogP contribution in [0.15, 0.2) is 10.6 Å². The summed E-state index contributed by atoms with van der Waals surface area (Å²) in [5, 5.41) is 3.89. The molecule has 1 aromatic heterocycles. The van der Waals surface area contributed by atoms with Crippen LogP contribution in [0.2, 0.25) is 0 Å². The number of rotatable bonds is 3. The molecule has 3 heterocycles. The average molecular weight is 312 g/mol. The quantitative estimate of drug-likeness (QED) is 0.844. The normalized spacial score (nSPS) is 28.1. The number of hydrogen-bond donors (Lipinski definition) is 0. The summed E-state index contributed by atoms with van der Waals surface area (Å²) in [6.45, 7) is 2.57. The minimum Gasteiger partial charge on any atom is -0.359 e. The smallest absolute Gasteiger partial charge is 0.223 e. The van der Waals surface area contributed by atoms with E-state index in [1.807, 2.05) is 17.9 Å².